The lowest BCUT2D eigenvalue weighted by Crippen LogP contribution is -1.98. The summed E-state index contributed by atoms with van der Waals surface area (Å²) in [5, 5.41) is 9.92. The molecule has 108 valence electrons. The fourth-order valence-electron chi connectivity index (χ4n) is 2.29. The van der Waals surface area contributed by atoms with Gasteiger partial charge in [0.1, 0.15) is 28.5 Å². The topological polar surface area (TPSA) is 80.5 Å². The van der Waals surface area contributed by atoms with Crippen LogP contribution in [0.3, 0.4) is 0 Å². The van der Waals surface area contributed by atoms with Crippen LogP contribution in [0, 0.1) is 11.3 Å². The smallest absolute Gasteiger partial charge is 0.148 e. The zero-order valence-corrected chi connectivity index (χ0v) is 13.2. The molecule has 3 aromatic rings. The van der Waals surface area contributed by atoms with Crippen LogP contribution in [0.15, 0.2) is 47.3 Å². The molecule has 6 heteroatoms. The highest BCUT2D eigenvalue weighted by molar-refractivity contribution is 9.10. The van der Waals surface area contributed by atoms with Gasteiger partial charge in [-0.15, -0.1) is 0 Å². The largest absolute Gasteiger partial charge is 0.383 e. The average molecular weight is 354 g/mol. The van der Waals surface area contributed by atoms with Gasteiger partial charge in [0.15, 0.2) is 0 Å². The van der Waals surface area contributed by atoms with Gasteiger partial charge in [-0.2, -0.15) is 5.26 Å². The number of benzene rings is 1. The highest BCUT2D eigenvalue weighted by atomic mass is 79.9. The molecule has 0 aliphatic rings. The first kappa shape index (κ1) is 14.3. The number of rotatable bonds is 3. The number of aromatic nitrogens is 3. The number of anilines is 1. The van der Waals surface area contributed by atoms with Crippen molar-refractivity contribution in [1.82, 2.24) is 14.5 Å². The van der Waals surface area contributed by atoms with Gasteiger partial charge in [-0.05, 0) is 21.5 Å². The first-order valence-corrected chi connectivity index (χ1v) is 7.41. The molecule has 0 aliphatic heterocycles. The third-order valence-electron chi connectivity index (χ3n) is 3.32. The summed E-state index contributed by atoms with van der Waals surface area (Å²) in [6.07, 6.45) is 5.44. The lowest BCUT2D eigenvalue weighted by Gasteiger charge is -2.02. The van der Waals surface area contributed by atoms with E-state index in [4.69, 9.17) is 5.73 Å². The third kappa shape index (κ3) is 2.47. The monoisotopic (exact) mass is 353 g/mol. The van der Waals surface area contributed by atoms with Crippen LogP contribution >= 0.6 is 15.9 Å². The second-order valence-corrected chi connectivity index (χ2v) is 5.41. The molecule has 0 saturated heterocycles. The molecule has 0 amide bonds. The molecule has 0 unspecified atom stereocenters. The summed E-state index contributed by atoms with van der Waals surface area (Å²) in [6.45, 7) is 0.574. The van der Waals surface area contributed by atoms with Crippen molar-refractivity contribution in [3.8, 4) is 6.07 Å². The Kier molecular flexibility index (Phi) is 3.90. The van der Waals surface area contributed by atoms with Crippen molar-refractivity contribution < 1.29 is 0 Å². The molecule has 0 radical (unpaired) electrons. The summed E-state index contributed by atoms with van der Waals surface area (Å²) in [7, 11) is 0. The molecule has 2 N–H and O–H groups in total. The molecule has 5 nitrogen and oxygen atoms in total. The van der Waals surface area contributed by atoms with E-state index >= 15 is 0 Å². The molecule has 0 fully saturated rings. The molecular formula is C16H12BrN5. The van der Waals surface area contributed by atoms with Crippen molar-refractivity contribution in [3.63, 3.8) is 0 Å². The molecule has 0 bridgehead atoms. The molecule has 2 heterocycles. The van der Waals surface area contributed by atoms with Gasteiger partial charge in [0.25, 0.3) is 0 Å². The maximum atomic E-state index is 9.34. The summed E-state index contributed by atoms with van der Waals surface area (Å²) >= 11 is 3.46. The summed E-state index contributed by atoms with van der Waals surface area (Å²) in [6, 6.07) is 12.2. The summed E-state index contributed by atoms with van der Waals surface area (Å²) in [4.78, 5) is 8.22. The Morgan fingerprint density at radius 1 is 1.27 bits per heavy atom. The van der Waals surface area contributed by atoms with Crippen molar-refractivity contribution in [2.75, 3.05) is 5.73 Å². The second kappa shape index (κ2) is 6.00. The van der Waals surface area contributed by atoms with Crippen LogP contribution in [0.4, 0.5) is 5.82 Å². The highest BCUT2D eigenvalue weighted by Gasteiger charge is 2.18. The molecule has 0 spiro atoms. The van der Waals surface area contributed by atoms with Crippen LogP contribution in [-0.2, 0) is 6.54 Å². The molecule has 0 saturated carbocycles. The Balaban J connectivity index is 2.01. The van der Waals surface area contributed by atoms with Gasteiger partial charge in [-0.25, -0.2) is 9.97 Å². The minimum absolute atomic E-state index is 0.313. The zero-order valence-electron chi connectivity index (χ0n) is 11.6. The van der Waals surface area contributed by atoms with E-state index in [1.807, 2.05) is 47.1 Å². The van der Waals surface area contributed by atoms with Crippen molar-refractivity contribution in [2.24, 2.45) is 0 Å². The van der Waals surface area contributed by atoms with Gasteiger partial charge >= 0.3 is 0 Å². The number of nitriles is 1. The number of hydrogen-bond donors (Lipinski definition) is 1. The van der Waals surface area contributed by atoms with Crippen molar-refractivity contribution in [2.45, 2.75) is 6.54 Å². The van der Waals surface area contributed by atoms with E-state index in [1.54, 1.807) is 0 Å². The number of nitrogens with two attached hydrogens (primary N) is 1. The molecule has 0 aliphatic carbocycles. The molecule has 3 rings (SSSR count). The first-order chi connectivity index (χ1) is 10.7. The Hall–Kier alpha value is -2.65. The third-order valence-corrected chi connectivity index (χ3v) is 4.14. The van der Waals surface area contributed by atoms with Crippen LogP contribution < -0.4 is 5.73 Å². The Morgan fingerprint density at radius 3 is 2.77 bits per heavy atom. The van der Waals surface area contributed by atoms with E-state index in [1.165, 1.54) is 6.33 Å². The second-order valence-electron chi connectivity index (χ2n) is 4.66. The predicted octanol–water partition coefficient (Wildman–Crippen LogP) is 3.36. The lowest BCUT2D eigenvalue weighted by molar-refractivity contribution is 0.829. The van der Waals surface area contributed by atoms with Gasteiger partial charge in [-0.1, -0.05) is 42.5 Å². The molecule has 1 aromatic carbocycles. The standard InChI is InChI=1S/C16H12BrN5/c17-14-12(9-18)13-15(19)20-10-21-16(13)22(14)8-4-7-11-5-2-1-3-6-11/h1-7,10H,8H2,(H2,19,20,21). The maximum absolute atomic E-state index is 9.34. The van der Waals surface area contributed by atoms with Crippen LogP contribution in [0.25, 0.3) is 17.1 Å². The molecular weight excluding hydrogens is 342 g/mol. The number of nitrogens with zero attached hydrogens (tertiary/aromatic N) is 4. The van der Waals surface area contributed by atoms with Crippen LogP contribution in [0.1, 0.15) is 11.1 Å². The number of fused-ring (bicyclic) bond motifs is 1. The molecule has 22 heavy (non-hydrogen) atoms. The highest BCUT2D eigenvalue weighted by Crippen LogP contribution is 2.31. The lowest BCUT2D eigenvalue weighted by atomic mass is 10.2. The van der Waals surface area contributed by atoms with Crippen molar-refractivity contribution in [1.29, 1.82) is 5.26 Å². The average Bonchev–Trinajstić information content (AvgIpc) is 2.82. The quantitative estimate of drug-likeness (QED) is 0.782. The van der Waals surface area contributed by atoms with E-state index in [2.05, 4.69) is 32.0 Å². The van der Waals surface area contributed by atoms with Gasteiger partial charge in [-0.3, -0.25) is 0 Å². The van der Waals surface area contributed by atoms with Crippen molar-refractivity contribution in [3.05, 3.63) is 58.5 Å². The number of halogens is 1. The minimum atomic E-state index is 0.313. The Bertz CT molecular complexity index is 890. The zero-order chi connectivity index (χ0) is 15.5. The van der Waals surface area contributed by atoms with E-state index in [9.17, 15) is 5.26 Å². The van der Waals surface area contributed by atoms with Gasteiger partial charge < -0.3 is 10.3 Å². The minimum Gasteiger partial charge on any atom is -0.383 e. The number of allylic oxidation sites excluding steroid dienone is 1. The molecule has 2 aromatic heterocycles. The van der Waals surface area contributed by atoms with Gasteiger partial charge in [0, 0.05) is 6.54 Å². The summed E-state index contributed by atoms with van der Waals surface area (Å²) < 4.78 is 2.56. The van der Waals surface area contributed by atoms with Crippen molar-refractivity contribution >= 4 is 38.9 Å². The normalized spacial score (nSPS) is 11.1. The summed E-state index contributed by atoms with van der Waals surface area (Å²) in [5.41, 5.74) is 8.10. The predicted molar refractivity (Wildman–Crippen MR) is 89.8 cm³/mol. The van der Waals surface area contributed by atoms with E-state index in [0.29, 0.717) is 33.6 Å². The van der Waals surface area contributed by atoms with E-state index in [-0.39, 0.29) is 0 Å². The number of nitrogen functional groups attached to an aromatic ring is 1. The Labute approximate surface area is 135 Å². The van der Waals surface area contributed by atoms with E-state index < -0.39 is 0 Å². The molecule has 0 atom stereocenters. The maximum Gasteiger partial charge on any atom is 0.148 e. The summed E-state index contributed by atoms with van der Waals surface area (Å²) in [5.74, 6) is 0.313. The van der Waals surface area contributed by atoms with Crippen LogP contribution in [0.2, 0.25) is 0 Å². The SMILES string of the molecule is N#Cc1c(Br)n(CC=Cc2ccccc2)c2ncnc(N)c12. The number of hydrogen-bond acceptors (Lipinski definition) is 4. The first-order valence-electron chi connectivity index (χ1n) is 6.62. The van der Waals surface area contributed by atoms with Crippen LogP contribution in [0.5, 0.6) is 0 Å². The van der Waals surface area contributed by atoms with Gasteiger partial charge in [0.05, 0.1) is 10.9 Å². The van der Waals surface area contributed by atoms with E-state index in [0.717, 1.165) is 5.56 Å². The Morgan fingerprint density at radius 2 is 2.05 bits per heavy atom. The van der Waals surface area contributed by atoms with Gasteiger partial charge in [0.2, 0.25) is 0 Å². The fourth-order valence-corrected chi connectivity index (χ4v) is 2.89. The fraction of sp³-hybridized carbons (Fsp3) is 0.0625. The van der Waals surface area contributed by atoms with Crippen LogP contribution in [-0.4, -0.2) is 14.5 Å².